The summed E-state index contributed by atoms with van der Waals surface area (Å²) in [5.74, 6) is 1.70. The van der Waals surface area contributed by atoms with Crippen molar-refractivity contribution in [2.24, 2.45) is 4.99 Å². The number of aryl methyl sites for hydroxylation is 1. The first-order valence-electron chi connectivity index (χ1n) is 7.74. The normalized spacial score (nSPS) is 16.1. The molecule has 0 aliphatic carbocycles. The van der Waals surface area contributed by atoms with Crippen molar-refractivity contribution in [3.05, 3.63) is 35.5 Å². The third-order valence-electron chi connectivity index (χ3n) is 3.86. The van der Waals surface area contributed by atoms with E-state index in [1.165, 1.54) is 0 Å². The van der Waals surface area contributed by atoms with Gasteiger partial charge in [0.25, 0.3) is 0 Å². The minimum absolute atomic E-state index is 0. The Morgan fingerprint density at radius 1 is 1.29 bits per heavy atom. The fourth-order valence-corrected chi connectivity index (χ4v) is 2.66. The van der Waals surface area contributed by atoms with Gasteiger partial charge in [0.15, 0.2) is 11.7 Å². The number of rotatable bonds is 4. The molecule has 0 saturated carbocycles. The van der Waals surface area contributed by atoms with Gasteiger partial charge in [0.1, 0.15) is 6.26 Å². The Bertz CT molecular complexity index is 634. The van der Waals surface area contributed by atoms with E-state index in [9.17, 15) is 0 Å². The first-order chi connectivity index (χ1) is 11.2. The maximum atomic E-state index is 5.21. The molecule has 0 unspecified atom stereocenters. The van der Waals surface area contributed by atoms with Gasteiger partial charge in [-0.25, -0.2) is 0 Å². The van der Waals surface area contributed by atoms with Gasteiger partial charge in [-0.15, -0.1) is 24.0 Å². The summed E-state index contributed by atoms with van der Waals surface area (Å²) in [5, 5.41) is 11.2. The number of halogens is 1. The number of piperazine rings is 1. The van der Waals surface area contributed by atoms with Crippen molar-refractivity contribution >= 4 is 29.9 Å². The Labute approximate surface area is 158 Å². The average molecular weight is 446 g/mol. The molecule has 2 aromatic heterocycles. The molecule has 132 valence electrons. The predicted octanol–water partition coefficient (Wildman–Crippen LogP) is 1.48. The van der Waals surface area contributed by atoms with E-state index in [0.717, 1.165) is 55.8 Å². The lowest BCUT2D eigenvalue weighted by Gasteiger charge is -2.36. The van der Waals surface area contributed by atoms with Gasteiger partial charge in [0.2, 0.25) is 0 Å². The van der Waals surface area contributed by atoms with Crippen LogP contribution in [0.4, 0.5) is 0 Å². The molecule has 1 aliphatic rings. The van der Waals surface area contributed by atoms with E-state index >= 15 is 0 Å². The summed E-state index contributed by atoms with van der Waals surface area (Å²) >= 11 is 0. The van der Waals surface area contributed by atoms with Crippen LogP contribution in [0, 0.1) is 6.92 Å². The van der Waals surface area contributed by atoms with Gasteiger partial charge < -0.3 is 19.3 Å². The molecule has 0 amide bonds. The summed E-state index contributed by atoms with van der Waals surface area (Å²) in [6, 6.07) is 3.84. The van der Waals surface area contributed by atoms with E-state index in [1.807, 2.05) is 19.1 Å². The monoisotopic (exact) mass is 446 g/mol. The molecule has 9 heteroatoms. The highest BCUT2D eigenvalue weighted by Gasteiger charge is 2.20. The van der Waals surface area contributed by atoms with Crippen LogP contribution >= 0.6 is 24.0 Å². The van der Waals surface area contributed by atoms with Crippen molar-refractivity contribution in [3.63, 3.8) is 0 Å². The SMILES string of the molecule is CN=C(NCc1cc(C)no1)N1CCN(Cc2ccon2)CC1.I. The average Bonchev–Trinajstić information content (AvgIpc) is 3.21. The molecule has 8 nitrogen and oxygen atoms in total. The van der Waals surface area contributed by atoms with Crippen molar-refractivity contribution in [2.45, 2.75) is 20.0 Å². The number of hydrogen-bond donors (Lipinski definition) is 1. The fourth-order valence-electron chi connectivity index (χ4n) is 2.66. The van der Waals surface area contributed by atoms with Crippen LogP contribution in [-0.2, 0) is 13.1 Å². The highest BCUT2D eigenvalue weighted by molar-refractivity contribution is 14.0. The molecule has 0 radical (unpaired) electrons. The first kappa shape index (κ1) is 18.7. The Morgan fingerprint density at radius 3 is 2.67 bits per heavy atom. The van der Waals surface area contributed by atoms with E-state index in [4.69, 9.17) is 9.05 Å². The Kier molecular flexibility index (Phi) is 7.03. The Morgan fingerprint density at radius 2 is 2.08 bits per heavy atom. The van der Waals surface area contributed by atoms with Crippen molar-refractivity contribution in [3.8, 4) is 0 Å². The molecule has 1 saturated heterocycles. The molecular weight excluding hydrogens is 423 g/mol. The van der Waals surface area contributed by atoms with Crippen LogP contribution < -0.4 is 5.32 Å². The summed E-state index contributed by atoms with van der Waals surface area (Å²) in [7, 11) is 1.80. The fraction of sp³-hybridized carbons (Fsp3) is 0.533. The van der Waals surface area contributed by atoms with E-state index in [2.05, 4.69) is 30.4 Å². The third-order valence-corrected chi connectivity index (χ3v) is 3.86. The molecule has 2 aromatic rings. The minimum Gasteiger partial charge on any atom is -0.364 e. The molecule has 1 N–H and O–H groups in total. The number of guanidine groups is 1. The van der Waals surface area contributed by atoms with Crippen molar-refractivity contribution < 1.29 is 9.05 Å². The lowest BCUT2D eigenvalue weighted by Crippen LogP contribution is -2.52. The van der Waals surface area contributed by atoms with Crippen LogP contribution in [0.5, 0.6) is 0 Å². The number of aromatic nitrogens is 2. The van der Waals surface area contributed by atoms with Crippen molar-refractivity contribution in [2.75, 3.05) is 33.2 Å². The van der Waals surface area contributed by atoms with Crippen molar-refractivity contribution in [1.29, 1.82) is 0 Å². The van der Waals surface area contributed by atoms with E-state index in [-0.39, 0.29) is 24.0 Å². The third kappa shape index (κ3) is 4.94. The van der Waals surface area contributed by atoms with Crippen LogP contribution in [0.15, 0.2) is 32.4 Å². The zero-order chi connectivity index (χ0) is 16.1. The molecule has 24 heavy (non-hydrogen) atoms. The van der Waals surface area contributed by atoms with Crippen LogP contribution in [0.25, 0.3) is 0 Å². The lowest BCUT2D eigenvalue weighted by molar-refractivity contribution is 0.168. The largest absolute Gasteiger partial charge is 0.364 e. The Hall–Kier alpha value is -1.62. The summed E-state index contributed by atoms with van der Waals surface area (Å²) in [4.78, 5) is 8.97. The highest BCUT2D eigenvalue weighted by Crippen LogP contribution is 2.08. The van der Waals surface area contributed by atoms with E-state index in [0.29, 0.717) is 6.54 Å². The molecule has 0 bridgehead atoms. The van der Waals surface area contributed by atoms with Crippen LogP contribution in [-0.4, -0.2) is 59.3 Å². The van der Waals surface area contributed by atoms with Gasteiger partial charge in [-0.3, -0.25) is 9.89 Å². The van der Waals surface area contributed by atoms with Gasteiger partial charge in [-0.05, 0) is 6.92 Å². The molecular formula is C15H23IN6O2. The molecule has 1 aliphatic heterocycles. The maximum absolute atomic E-state index is 5.21. The second-order valence-electron chi connectivity index (χ2n) is 5.59. The predicted molar refractivity (Wildman–Crippen MR) is 100 cm³/mol. The molecule has 0 atom stereocenters. The molecule has 0 aromatic carbocycles. The highest BCUT2D eigenvalue weighted by atomic mass is 127. The van der Waals surface area contributed by atoms with Crippen molar-refractivity contribution in [1.82, 2.24) is 25.4 Å². The van der Waals surface area contributed by atoms with Crippen LogP contribution in [0.1, 0.15) is 17.1 Å². The quantitative estimate of drug-likeness (QED) is 0.433. The minimum atomic E-state index is 0. The number of hydrogen-bond acceptors (Lipinski definition) is 6. The van der Waals surface area contributed by atoms with Gasteiger partial charge >= 0.3 is 0 Å². The number of aliphatic imine (C=N–C) groups is 1. The van der Waals surface area contributed by atoms with Gasteiger partial charge in [0.05, 0.1) is 17.9 Å². The van der Waals surface area contributed by atoms with E-state index < -0.39 is 0 Å². The van der Waals surface area contributed by atoms with E-state index in [1.54, 1.807) is 13.3 Å². The summed E-state index contributed by atoms with van der Waals surface area (Å²) in [5.41, 5.74) is 1.86. The van der Waals surface area contributed by atoms with Gasteiger partial charge in [-0.2, -0.15) is 0 Å². The summed E-state index contributed by atoms with van der Waals surface area (Å²) < 4.78 is 10.1. The lowest BCUT2D eigenvalue weighted by atomic mass is 10.3. The Balaban J connectivity index is 0.00000208. The van der Waals surface area contributed by atoms with Gasteiger partial charge in [0, 0.05) is 51.9 Å². The summed E-state index contributed by atoms with van der Waals surface area (Å²) in [6.45, 7) is 7.11. The standard InChI is InChI=1S/C15H22N6O2.HI/c1-12-9-14(23-18-12)10-17-15(16-2)21-6-4-20(5-7-21)11-13-3-8-22-19-13;/h3,8-9H,4-7,10-11H2,1-2H3,(H,16,17);1H. The van der Waals surface area contributed by atoms with Crippen LogP contribution in [0.3, 0.4) is 0 Å². The first-order valence-corrected chi connectivity index (χ1v) is 7.74. The second kappa shape index (κ2) is 9.02. The van der Waals surface area contributed by atoms with Crippen LogP contribution in [0.2, 0.25) is 0 Å². The number of nitrogens with one attached hydrogen (secondary N) is 1. The molecule has 3 rings (SSSR count). The maximum Gasteiger partial charge on any atom is 0.194 e. The molecule has 1 fully saturated rings. The molecule has 0 spiro atoms. The zero-order valence-corrected chi connectivity index (χ0v) is 16.3. The topological polar surface area (TPSA) is 82.9 Å². The number of nitrogens with zero attached hydrogens (tertiary/aromatic N) is 5. The smallest absolute Gasteiger partial charge is 0.194 e. The summed E-state index contributed by atoms with van der Waals surface area (Å²) in [6.07, 6.45) is 1.61. The zero-order valence-electron chi connectivity index (χ0n) is 13.9. The molecule has 3 heterocycles. The second-order valence-corrected chi connectivity index (χ2v) is 5.59. The van der Waals surface area contributed by atoms with Gasteiger partial charge in [-0.1, -0.05) is 10.3 Å².